The molecule has 142 valence electrons. The predicted molar refractivity (Wildman–Crippen MR) is 99.5 cm³/mol. The molecule has 0 radical (unpaired) electrons. The van der Waals surface area contributed by atoms with Crippen LogP contribution in [0.15, 0.2) is 53.4 Å². The summed E-state index contributed by atoms with van der Waals surface area (Å²) in [6.45, 7) is 2.81. The summed E-state index contributed by atoms with van der Waals surface area (Å²) in [7, 11) is -3.62. The molecular weight excluding hydrogens is 370 g/mol. The average Bonchev–Trinajstić information content (AvgIpc) is 2.61. The highest BCUT2D eigenvalue weighted by molar-refractivity contribution is 7.90. The fraction of sp³-hybridized carbons (Fsp3) is 0.211. The van der Waals surface area contributed by atoms with Crippen molar-refractivity contribution in [2.24, 2.45) is 0 Å². The van der Waals surface area contributed by atoms with Gasteiger partial charge in [-0.05, 0) is 50.2 Å². The van der Waals surface area contributed by atoms with E-state index in [4.69, 9.17) is 4.74 Å². The van der Waals surface area contributed by atoms with Gasteiger partial charge in [0, 0.05) is 17.5 Å². The van der Waals surface area contributed by atoms with Crippen LogP contribution in [-0.2, 0) is 19.4 Å². The molecule has 27 heavy (non-hydrogen) atoms. The normalized spacial score (nSPS) is 12.1. The van der Waals surface area contributed by atoms with Crippen molar-refractivity contribution in [1.29, 1.82) is 0 Å². The standard InChI is InChI=1S/C19H19NO6S/c1-12(21)14-8-10-15(11-9-14)20-18(22)13(2)26-19(23)16-6-4-5-7-17(16)27(3,24)25/h4-11,13H,1-3H3,(H,20,22). The summed E-state index contributed by atoms with van der Waals surface area (Å²) >= 11 is 0. The van der Waals surface area contributed by atoms with Gasteiger partial charge in [0.1, 0.15) is 0 Å². The van der Waals surface area contributed by atoms with Crippen molar-refractivity contribution in [2.45, 2.75) is 24.8 Å². The monoisotopic (exact) mass is 389 g/mol. The minimum absolute atomic E-state index is 0.0975. The van der Waals surface area contributed by atoms with E-state index in [1.165, 1.54) is 38.1 Å². The van der Waals surface area contributed by atoms with Gasteiger partial charge in [-0.3, -0.25) is 9.59 Å². The van der Waals surface area contributed by atoms with Crippen LogP contribution in [0.5, 0.6) is 0 Å². The van der Waals surface area contributed by atoms with E-state index in [0.717, 1.165) is 6.26 Å². The van der Waals surface area contributed by atoms with Crippen LogP contribution >= 0.6 is 0 Å². The molecule has 0 aliphatic carbocycles. The average molecular weight is 389 g/mol. The first-order valence-electron chi connectivity index (χ1n) is 8.01. The van der Waals surface area contributed by atoms with Crippen molar-refractivity contribution in [3.05, 3.63) is 59.7 Å². The van der Waals surface area contributed by atoms with Gasteiger partial charge in [0.15, 0.2) is 21.7 Å². The van der Waals surface area contributed by atoms with Gasteiger partial charge in [0.05, 0.1) is 10.5 Å². The van der Waals surface area contributed by atoms with E-state index in [1.807, 2.05) is 0 Å². The summed E-state index contributed by atoms with van der Waals surface area (Å²) in [5.74, 6) is -1.60. The number of carbonyl (C=O) groups is 3. The van der Waals surface area contributed by atoms with Crippen molar-refractivity contribution in [1.82, 2.24) is 0 Å². The molecule has 0 saturated carbocycles. The van der Waals surface area contributed by atoms with Gasteiger partial charge in [-0.2, -0.15) is 0 Å². The number of ether oxygens (including phenoxy) is 1. The third-order valence-corrected chi connectivity index (χ3v) is 4.87. The van der Waals surface area contributed by atoms with Crippen LogP contribution < -0.4 is 5.32 Å². The van der Waals surface area contributed by atoms with Crippen LogP contribution in [-0.4, -0.2) is 38.4 Å². The Morgan fingerprint density at radius 3 is 2.15 bits per heavy atom. The molecule has 0 spiro atoms. The maximum atomic E-state index is 12.3. The van der Waals surface area contributed by atoms with Crippen LogP contribution in [0.4, 0.5) is 5.69 Å². The van der Waals surface area contributed by atoms with Crippen molar-refractivity contribution in [3.63, 3.8) is 0 Å². The van der Waals surface area contributed by atoms with Crippen LogP contribution in [0, 0.1) is 0 Å². The summed E-state index contributed by atoms with van der Waals surface area (Å²) < 4.78 is 28.7. The van der Waals surface area contributed by atoms with Crippen LogP contribution in [0.3, 0.4) is 0 Å². The highest BCUT2D eigenvalue weighted by Crippen LogP contribution is 2.17. The van der Waals surface area contributed by atoms with Gasteiger partial charge in [-0.1, -0.05) is 12.1 Å². The Labute approximate surface area is 157 Å². The van der Waals surface area contributed by atoms with Crippen LogP contribution in [0.1, 0.15) is 34.6 Å². The lowest BCUT2D eigenvalue weighted by molar-refractivity contribution is -0.123. The number of hydrogen-bond acceptors (Lipinski definition) is 6. The molecule has 0 saturated heterocycles. The van der Waals surface area contributed by atoms with Crippen LogP contribution in [0.25, 0.3) is 0 Å². The minimum Gasteiger partial charge on any atom is -0.449 e. The molecule has 1 atom stereocenters. The fourth-order valence-electron chi connectivity index (χ4n) is 2.27. The number of nitrogens with one attached hydrogen (secondary N) is 1. The number of sulfone groups is 1. The first-order valence-corrected chi connectivity index (χ1v) is 9.90. The van der Waals surface area contributed by atoms with Crippen LogP contribution in [0.2, 0.25) is 0 Å². The molecule has 8 heteroatoms. The van der Waals surface area contributed by atoms with E-state index in [1.54, 1.807) is 24.3 Å². The lowest BCUT2D eigenvalue weighted by Gasteiger charge is -2.15. The minimum atomic E-state index is -3.62. The molecule has 0 fully saturated rings. The second-order valence-corrected chi connectivity index (χ2v) is 7.92. The molecule has 2 aromatic rings. The molecule has 1 unspecified atom stereocenters. The summed E-state index contributed by atoms with van der Waals surface area (Å²) in [4.78, 5) is 35.6. The van der Waals surface area contributed by atoms with E-state index < -0.39 is 27.8 Å². The first kappa shape index (κ1) is 20.3. The van der Waals surface area contributed by atoms with Crippen molar-refractivity contribution >= 4 is 33.2 Å². The predicted octanol–water partition coefficient (Wildman–Crippen LogP) is 2.48. The Hall–Kier alpha value is -3.00. The number of hydrogen-bond donors (Lipinski definition) is 1. The van der Waals surface area contributed by atoms with Crippen molar-refractivity contribution < 1.29 is 27.5 Å². The van der Waals surface area contributed by atoms with Gasteiger partial charge in [-0.15, -0.1) is 0 Å². The molecule has 0 bridgehead atoms. The molecule has 1 amide bonds. The molecule has 0 heterocycles. The van der Waals surface area contributed by atoms with Crippen molar-refractivity contribution in [3.8, 4) is 0 Å². The Balaban J connectivity index is 2.08. The molecule has 2 aromatic carbocycles. The highest BCUT2D eigenvalue weighted by atomic mass is 32.2. The molecule has 1 N–H and O–H groups in total. The van der Waals surface area contributed by atoms with Gasteiger partial charge >= 0.3 is 5.97 Å². The summed E-state index contributed by atoms with van der Waals surface area (Å²) in [6.07, 6.45) is -0.169. The lowest BCUT2D eigenvalue weighted by atomic mass is 10.1. The van der Waals surface area contributed by atoms with E-state index >= 15 is 0 Å². The third kappa shape index (κ3) is 5.24. The summed E-state index contributed by atoms with van der Waals surface area (Å²) in [5.41, 5.74) is 0.805. The van der Waals surface area contributed by atoms with Gasteiger partial charge < -0.3 is 10.1 Å². The number of ketones is 1. The lowest BCUT2D eigenvalue weighted by Crippen LogP contribution is -2.30. The second-order valence-electron chi connectivity index (χ2n) is 5.94. The summed E-state index contributed by atoms with van der Waals surface area (Å²) in [5, 5.41) is 2.56. The largest absolute Gasteiger partial charge is 0.449 e. The Morgan fingerprint density at radius 1 is 1.00 bits per heavy atom. The number of anilines is 1. The second kappa shape index (κ2) is 8.13. The SMILES string of the molecule is CC(=O)c1ccc(NC(=O)C(C)OC(=O)c2ccccc2S(C)(=O)=O)cc1. The Morgan fingerprint density at radius 2 is 1.59 bits per heavy atom. The van der Waals surface area contributed by atoms with E-state index in [0.29, 0.717) is 11.3 Å². The smallest absolute Gasteiger partial charge is 0.340 e. The molecule has 2 rings (SSSR count). The zero-order valence-corrected chi connectivity index (χ0v) is 15.9. The molecule has 0 aliphatic heterocycles. The number of benzene rings is 2. The zero-order chi connectivity index (χ0) is 20.2. The number of carbonyl (C=O) groups excluding carboxylic acids is 3. The zero-order valence-electron chi connectivity index (χ0n) is 15.1. The maximum Gasteiger partial charge on any atom is 0.340 e. The van der Waals surface area contributed by atoms with E-state index in [2.05, 4.69) is 5.32 Å². The molecule has 7 nitrogen and oxygen atoms in total. The van der Waals surface area contributed by atoms with E-state index in [9.17, 15) is 22.8 Å². The van der Waals surface area contributed by atoms with E-state index in [-0.39, 0.29) is 16.2 Å². The molecule has 0 aromatic heterocycles. The maximum absolute atomic E-state index is 12.3. The first-order chi connectivity index (χ1) is 12.6. The highest BCUT2D eigenvalue weighted by Gasteiger charge is 2.23. The number of Topliss-reactive ketones (excluding diaryl/α,β-unsaturated/α-hetero) is 1. The Bertz CT molecular complexity index is 980. The number of rotatable bonds is 6. The summed E-state index contributed by atoms with van der Waals surface area (Å²) in [6, 6.07) is 11.9. The van der Waals surface area contributed by atoms with Gasteiger partial charge in [-0.25, -0.2) is 13.2 Å². The Kier molecular flexibility index (Phi) is 6.12. The van der Waals surface area contributed by atoms with Gasteiger partial charge in [0.2, 0.25) is 0 Å². The molecular formula is C19H19NO6S. The number of amides is 1. The third-order valence-electron chi connectivity index (χ3n) is 3.72. The number of esters is 1. The fourth-order valence-corrected chi connectivity index (χ4v) is 3.14. The topological polar surface area (TPSA) is 107 Å². The van der Waals surface area contributed by atoms with Gasteiger partial charge in [0.25, 0.3) is 5.91 Å². The molecule has 0 aliphatic rings. The van der Waals surface area contributed by atoms with Crippen molar-refractivity contribution in [2.75, 3.05) is 11.6 Å². The quantitative estimate of drug-likeness (QED) is 0.601.